The second-order valence-corrected chi connectivity index (χ2v) is 9.06. The van der Waals surface area contributed by atoms with Crippen LogP contribution >= 0.6 is 0 Å². The fourth-order valence-electron chi connectivity index (χ4n) is 5.07. The van der Waals surface area contributed by atoms with E-state index in [9.17, 15) is 19.2 Å². The number of benzene rings is 1. The highest BCUT2D eigenvalue weighted by Gasteiger charge is 2.50. The third-order valence-corrected chi connectivity index (χ3v) is 6.97. The smallest absolute Gasteiger partial charge is 0.326 e. The third-order valence-electron chi connectivity index (χ3n) is 6.97. The zero-order chi connectivity index (χ0) is 22.0. The molecule has 0 bridgehead atoms. The molecule has 2 saturated heterocycles. The van der Waals surface area contributed by atoms with E-state index in [1.54, 1.807) is 0 Å². The first-order valence-electron chi connectivity index (χ1n) is 11.3. The van der Waals surface area contributed by atoms with Crippen LogP contribution in [0.2, 0.25) is 0 Å². The lowest BCUT2D eigenvalue weighted by Crippen LogP contribution is -3.14. The number of quaternary nitrogens is 1. The van der Waals surface area contributed by atoms with Gasteiger partial charge in [-0.2, -0.15) is 0 Å². The van der Waals surface area contributed by atoms with Crippen LogP contribution in [0.3, 0.4) is 0 Å². The van der Waals surface area contributed by atoms with E-state index in [1.807, 2.05) is 37.3 Å². The SMILES string of the molecule is C[C@@H]1CCCC[C@@H]1N1C(=O)C(=O)N(C[NH+]2CCC(C(=O)Nc3ccccc3)CC2)C1=O. The summed E-state index contributed by atoms with van der Waals surface area (Å²) in [6.07, 6.45) is 5.18. The lowest BCUT2D eigenvalue weighted by atomic mass is 9.85. The zero-order valence-electron chi connectivity index (χ0n) is 18.0. The van der Waals surface area contributed by atoms with E-state index in [-0.39, 0.29) is 30.5 Å². The van der Waals surface area contributed by atoms with Crippen molar-refractivity contribution >= 4 is 29.4 Å². The molecule has 5 amide bonds. The number of nitrogens with zero attached hydrogens (tertiary/aromatic N) is 2. The van der Waals surface area contributed by atoms with Crippen molar-refractivity contribution in [2.75, 3.05) is 25.1 Å². The summed E-state index contributed by atoms with van der Waals surface area (Å²) in [6.45, 7) is 3.60. The number of hydrogen-bond donors (Lipinski definition) is 2. The van der Waals surface area contributed by atoms with Gasteiger partial charge in [0.1, 0.15) is 0 Å². The highest BCUT2D eigenvalue weighted by molar-refractivity contribution is 6.44. The van der Waals surface area contributed by atoms with Gasteiger partial charge in [0.25, 0.3) is 0 Å². The van der Waals surface area contributed by atoms with Gasteiger partial charge in [-0.25, -0.2) is 9.69 Å². The van der Waals surface area contributed by atoms with E-state index in [2.05, 4.69) is 5.32 Å². The minimum atomic E-state index is -0.709. The summed E-state index contributed by atoms with van der Waals surface area (Å²) in [6, 6.07) is 8.74. The molecule has 3 fully saturated rings. The van der Waals surface area contributed by atoms with E-state index in [4.69, 9.17) is 0 Å². The number of urea groups is 1. The largest absolute Gasteiger partial charge is 0.338 e. The Morgan fingerprint density at radius 3 is 2.35 bits per heavy atom. The van der Waals surface area contributed by atoms with Gasteiger partial charge < -0.3 is 10.2 Å². The Labute approximate surface area is 182 Å². The first-order valence-corrected chi connectivity index (χ1v) is 11.3. The van der Waals surface area contributed by atoms with E-state index in [0.29, 0.717) is 25.9 Å². The Morgan fingerprint density at radius 1 is 1.00 bits per heavy atom. The van der Waals surface area contributed by atoms with Crippen molar-refractivity contribution in [1.29, 1.82) is 0 Å². The van der Waals surface area contributed by atoms with Crippen molar-refractivity contribution in [2.24, 2.45) is 11.8 Å². The Kier molecular flexibility index (Phi) is 6.36. The second-order valence-electron chi connectivity index (χ2n) is 9.06. The molecular weight excluding hydrogens is 396 g/mol. The molecule has 8 heteroatoms. The summed E-state index contributed by atoms with van der Waals surface area (Å²) in [4.78, 5) is 54.0. The molecule has 31 heavy (non-hydrogen) atoms. The molecule has 4 rings (SSSR count). The molecule has 1 aliphatic carbocycles. The summed E-state index contributed by atoms with van der Waals surface area (Å²) >= 11 is 0. The number of imide groups is 2. The Morgan fingerprint density at radius 2 is 1.68 bits per heavy atom. The molecule has 2 N–H and O–H groups in total. The minimum absolute atomic E-state index is 0.00575. The normalized spacial score (nSPS) is 29.4. The standard InChI is InChI=1S/C23H30N4O4/c1-16-7-5-6-10-19(16)27-22(30)21(29)26(23(27)31)15-25-13-11-17(12-14-25)20(28)24-18-8-3-2-4-9-18/h2-4,8-9,16-17,19H,5-7,10-15H2,1H3,(H,24,28)/p+1/t16-,19+/m1/s1. The van der Waals surface area contributed by atoms with E-state index < -0.39 is 17.8 Å². The molecular formula is C23H31N4O4+. The molecule has 0 radical (unpaired) electrons. The first-order chi connectivity index (χ1) is 15.0. The van der Waals surface area contributed by atoms with Crippen LogP contribution < -0.4 is 10.2 Å². The number of likely N-dealkylation sites (tertiary alicyclic amines) is 1. The lowest BCUT2D eigenvalue weighted by molar-refractivity contribution is -0.912. The van der Waals surface area contributed by atoms with Gasteiger partial charge >= 0.3 is 17.8 Å². The molecule has 2 heterocycles. The number of nitrogens with one attached hydrogen (secondary N) is 2. The maximum atomic E-state index is 13.0. The van der Waals surface area contributed by atoms with Gasteiger partial charge in [0.05, 0.1) is 13.1 Å². The van der Waals surface area contributed by atoms with Crippen LogP contribution in [-0.4, -0.2) is 59.4 Å². The summed E-state index contributed by atoms with van der Waals surface area (Å²) in [5, 5.41) is 2.95. The highest BCUT2D eigenvalue weighted by atomic mass is 16.2. The van der Waals surface area contributed by atoms with Gasteiger partial charge in [-0.1, -0.05) is 38.0 Å². The van der Waals surface area contributed by atoms with Crippen molar-refractivity contribution in [3.8, 4) is 0 Å². The number of rotatable bonds is 5. The van der Waals surface area contributed by atoms with Crippen molar-refractivity contribution in [2.45, 2.75) is 51.5 Å². The van der Waals surface area contributed by atoms with Crippen LogP contribution in [-0.2, 0) is 14.4 Å². The molecule has 2 aliphatic heterocycles. The minimum Gasteiger partial charge on any atom is -0.326 e. The molecule has 3 aliphatic rings. The highest BCUT2D eigenvalue weighted by Crippen LogP contribution is 2.31. The number of amides is 5. The van der Waals surface area contributed by atoms with Crippen molar-refractivity contribution in [3.63, 3.8) is 0 Å². The van der Waals surface area contributed by atoms with Crippen molar-refractivity contribution in [1.82, 2.24) is 9.80 Å². The molecule has 0 spiro atoms. The second kappa shape index (κ2) is 9.18. The van der Waals surface area contributed by atoms with E-state index >= 15 is 0 Å². The van der Waals surface area contributed by atoms with Crippen molar-refractivity contribution < 1.29 is 24.1 Å². The average molecular weight is 428 g/mol. The number of hydrogen-bond acceptors (Lipinski definition) is 4. The van der Waals surface area contributed by atoms with Gasteiger partial charge in [-0.3, -0.25) is 19.3 Å². The van der Waals surface area contributed by atoms with Crippen LogP contribution in [0.4, 0.5) is 10.5 Å². The molecule has 1 aromatic rings. The predicted molar refractivity (Wildman–Crippen MR) is 114 cm³/mol. The summed E-state index contributed by atoms with van der Waals surface area (Å²) in [7, 11) is 0. The number of anilines is 1. The van der Waals surface area contributed by atoms with Gasteiger partial charge in [0.2, 0.25) is 5.91 Å². The van der Waals surface area contributed by atoms with Gasteiger partial charge in [-0.15, -0.1) is 0 Å². The fourth-order valence-corrected chi connectivity index (χ4v) is 5.07. The van der Waals surface area contributed by atoms with Crippen LogP contribution in [0.1, 0.15) is 45.4 Å². The maximum Gasteiger partial charge on any atom is 0.338 e. The number of carbonyl (C=O) groups excluding carboxylic acids is 4. The monoisotopic (exact) mass is 427 g/mol. The number of piperidine rings is 1. The number of para-hydroxylation sites is 1. The molecule has 1 aromatic carbocycles. The van der Waals surface area contributed by atoms with E-state index in [1.165, 1.54) is 4.90 Å². The predicted octanol–water partition coefficient (Wildman–Crippen LogP) is 1.25. The molecule has 0 aromatic heterocycles. The zero-order valence-corrected chi connectivity index (χ0v) is 18.0. The van der Waals surface area contributed by atoms with Crippen LogP contribution in [0.25, 0.3) is 0 Å². The third kappa shape index (κ3) is 4.49. The first kappa shape index (κ1) is 21.5. The van der Waals surface area contributed by atoms with Crippen LogP contribution in [0.5, 0.6) is 0 Å². The van der Waals surface area contributed by atoms with Crippen LogP contribution in [0, 0.1) is 11.8 Å². The van der Waals surface area contributed by atoms with E-state index in [0.717, 1.165) is 41.2 Å². The molecule has 1 saturated carbocycles. The fraction of sp³-hybridized carbons (Fsp3) is 0.565. The Hall–Kier alpha value is -2.74. The Balaban J connectivity index is 1.32. The van der Waals surface area contributed by atoms with Gasteiger partial charge in [0, 0.05) is 30.5 Å². The summed E-state index contributed by atoms with van der Waals surface area (Å²) in [5.74, 6) is -1.25. The molecule has 8 nitrogen and oxygen atoms in total. The van der Waals surface area contributed by atoms with Gasteiger partial charge in [0.15, 0.2) is 6.67 Å². The maximum absolute atomic E-state index is 13.0. The van der Waals surface area contributed by atoms with Crippen LogP contribution in [0.15, 0.2) is 30.3 Å². The average Bonchev–Trinajstić information content (AvgIpc) is 2.98. The number of carbonyl (C=O) groups is 4. The van der Waals surface area contributed by atoms with Gasteiger partial charge in [-0.05, 0) is 30.9 Å². The summed E-state index contributed by atoms with van der Waals surface area (Å²) < 4.78 is 0. The molecule has 2 atom stereocenters. The van der Waals surface area contributed by atoms with Crippen molar-refractivity contribution in [3.05, 3.63) is 30.3 Å². The quantitative estimate of drug-likeness (QED) is 0.547. The topological polar surface area (TPSA) is 91.2 Å². The summed E-state index contributed by atoms with van der Waals surface area (Å²) in [5.41, 5.74) is 0.783. The Bertz CT molecular complexity index is 850. The lowest BCUT2D eigenvalue weighted by Gasteiger charge is -2.34. The molecule has 166 valence electrons. The molecule has 0 unspecified atom stereocenters.